The zero-order valence-corrected chi connectivity index (χ0v) is 11.7. The molecule has 0 unspecified atom stereocenters. The molecular weight excluding hydrogens is 334 g/mol. The van der Waals surface area contributed by atoms with E-state index in [2.05, 4.69) is 14.5 Å². The lowest BCUT2D eigenvalue weighted by Gasteiger charge is -2.17. The van der Waals surface area contributed by atoms with Gasteiger partial charge in [0.15, 0.2) is 5.75 Å². The number of nitrogens with two attached hydrogens (primary N) is 1. The summed E-state index contributed by atoms with van der Waals surface area (Å²) in [4.78, 5) is 14.4. The van der Waals surface area contributed by atoms with Crippen LogP contribution in [-0.4, -0.2) is 23.9 Å². The molecule has 11 heteroatoms. The van der Waals surface area contributed by atoms with E-state index >= 15 is 0 Å². The van der Waals surface area contributed by atoms with Crippen LogP contribution in [0.4, 0.5) is 26.3 Å². The zero-order valence-electron chi connectivity index (χ0n) is 11.7. The molecule has 2 N–H and O–H groups in total. The van der Waals surface area contributed by atoms with Crippen LogP contribution in [0.5, 0.6) is 5.75 Å². The molecule has 130 valence electrons. The van der Waals surface area contributed by atoms with Crippen molar-refractivity contribution in [2.24, 2.45) is 5.73 Å². The van der Waals surface area contributed by atoms with Gasteiger partial charge >= 0.3 is 18.5 Å². The normalized spacial score (nSPS) is 12.2. The molecule has 0 aliphatic rings. The lowest BCUT2D eigenvalue weighted by atomic mass is 10.1. The number of nitrogens with zero attached hydrogens (tertiary/aromatic N) is 1. The Morgan fingerprint density at radius 2 is 1.87 bits per heavy atom. The fraction of sp³-hybridized carbons (Fsp3) is 0.500. The van der Waals surface area contributed by atoms with Crippen molar-refractivity contribution in [3.8, 4) is 5.75 Å². The highest BCUT2D eigenvalue weighted by atomic mass is 19.4. The number of aromatic nitrogens is 1. The van der Waals surface area contributed by atoms with Gasteiger partial charge in [-0.3, -0.25) is 4.79 Å². The zero-order chi connectivity index (χ0) is 17.8. The summed E-state index contributed by atoms with van der Waals surface area (Å²) in [6, 6.07) is 0.447. The summed E-state index contributed by atoms with van der Waals surface area (Å²) in [6.07, 6.45) is -11.0. The summed E-state index contributed by atoms with van der Waals surface area (Å²) in [5, 5.41) is 0. The standard InChI is InChI=1S/C12H12F6N2O3/c1-2-22-9(21)4-6-3-8(23-12(16,17)18)7(5-19)20-10(6)11(13,14)15/h3H,2,4-5,19H2,1H3. The minimum Gasteiger partial charge on any atom is -0.466 e. The van der Waals surface area contributed by atoms with Gasteiger partial charge in [0.05, 0.1) is 18.7 Å². The second-order valence-corrected chi connectivity index (χ2v) is 4.17. The number of hydrogen-bond acceptors (Lipinski definition) is 5. The average Bonchev–Trinajstić information content (AvgIpc) is 2.35. The first-order chi connectivity index (χ1) is 10.5. The van der Waals surface area contributed by atoms with Crippen LogP contribution in [0.3, 0.4) is 0 Å². The molecule has 1 aromatic rings. The molecule has 0 bridgehead atoms. The number of carbonyl (C=O) groups is 1. The number of halogens is 6. The van der Waals surface area contributed by atoms with E-state index in [0.717, 1.165) is 0 Å². The molecule has 0 saturated carbocycles. The molecule has 0 spiro atoms. The fourth-order valence-electron chi connectivity index (χ4n) is 1.68. The number of rotatable bonds is 5. The summed E-state index contributed by atoms with van der Waals surface area (Å²) in [5.74, 6) is -2.04. The Hall–Kier alpha value is -2.04. The highest BCUT2D eigenvalue weighted by molar-refractivity contribution is 5.73. The molecule has 23 heavy (non-hydrogen) atoms. The van der Waals surface area contributed by atoms with Crippen molar-refractivity contribution in [1.29, 1.82) is 0 Å². The number of ether oxygens (including phenoxy) is 2. The molecule has 5 nitrogen and oxygen atoms in total. The van der Waals surface area contributed by atoms with E-state index < -0.39 is 54.2 Å². The van der Waals surface area contributed by atoms with Crippen molar-refractivity contribution in [2.45, 2.75) is 32.4 Å². The van der Waals surface area contributed by atoms with Crippen LogP contribution in [0.15, 0.2) is 6.07 Å². The third-order valence-corrected chi connectivity index (χ3v) is 2.47. The van der Waals surface area contributed by atoms with E-state index in [4.69, 9.17) is 5.73 Å². The lowest BCUT2D eigenvalue weighted by molar-refractivity contribution is -0.275. The van der Waals surface area contributed by atoms with Gasteiger partial charge in [0.2, 0.25) is 0 Å². The molecule has 0 aliphatic heterocycles. The largest absolute Gasteiger partial charge is 0.573 e. The minimum atomic E-state index is -5.15. The molecule has 0 amide bonds. The maximum atomic E-state index is 13.0. The predicted octanol–water partition coefficient (Wildman–Crippen LogP) is 2.56. The monoisotopic (exact) mass is 346 g/mol. The highest BCUT2D eigenvalue weighted by Gasteiger charge is 2.39. The Balaban J connectivity index is 3.37. The van der Waals surface area contributed by atoms with Crippen molar-refractivity contribution in [3.05, 3.63) is 23.0 Å². The Bertz CT molecular complexity index is 571. The maximum absolute atomic E-state index is 13.0. The summed E-state index contributed by atoms with van der Waals surface area (Å²) in [7, 11) is 0. The topological polar surface area (TPSA) is 74.4 Å². The van der Waals surface area contributed by atoms with Gasteiger partial charge in [-0.2, -0.15) is 13.2 Å². The number of carbonyl (C=O) groups excluding carboxylic acids is 1. The Kier molecular flexibility index (Phi) is 5.81. The smallest absolute Gasteiger partial charge is 0.466 e. The average molecular weight is 346 g/mol. The Morgan fingerprint density at radius 1 is 1.26 bits per heavy atom. The fourth-order valence-corrected chi connectivity index (χ4v) is 1.68. The van der Waals surface area contributed by atoms with Crippen molar-refractivity contribution >= 4 is 5.97 Å². The first kappa shape index (κ1) is 19.0. The van der Waals surface area contributed by atoms with Crippen molar-refractivity contribution in [1.82, 2.24) is 4.98 Å². The van der Waals surface area contributed by atoms with Crippen LogP contribution in [0.25, 0.3) is 0 Å². The molecular formula is C12H12F6N2O3. The van der Waals surface area contributed by atoms with Gasteiger partial charge in [0.25, 0.3) is 0 Å². The van der Waals surface area contributed by atoms with Gasteiger partial charge in [-0.1, -0.05) is 0 Å². The van der Waals surface area contributed by atoms with Gasteiger partial charge in [0, 0.05) is 6.54 Å². The molecule has 0 fully saturated rings. The first-order valence-corrected chi connectivity index (χ1v) is 6.19. The third kappa shape index (κ3) is 5.58. The summed E-state index contributed by atoms with van der Waals surface area (Å²) < 4.78 is 83.9. The molecule has 1 heterocycles. The Morgan fingerprint density at radius 3 is 2.30 bits per heavy atom. The van der Waals surface area contributed by atoms with E-state index in [9.17, 15) is 31.1 Å². The van der Waals surface area contributed by atoms with Crippen molar-refractivity contribution in [2.75, 3.05) is 6.61 Å². The highest BCUT2D eigenvalue weighted by Crippen LogP contribution is 2.35. The van der Waals surface area contributed by atoms with Crippen LogP contribution < -0.4 is 10.5 Å². The van der Waals surface area contributed by atoms with Crippen LogP contribution in [0.1, 0.15) is 23.9 Å². The van der Waals surface area contributed by atoms with Crippen LogP contribution in [0, 0.1) is 0 Å². The molecule has 0 atom stereocenters. The van der Waals surface area contributed by atoms with E-state index in [-0.39, 0.29) is 6.61 Å². The van der Waals surface area contributed by atoms with E-state index in [1.54, 1.807) is 0 Å². The molecule has 0 saturated heterocycles. The predicted molar refractivity (Wildman–Crippen MR) is 64.2 cm³/mol. The van der Waals surface area contributed by atoms with E-state index in [1.807, 2.05) is 0 Å². The van der Waals surface area contributed by atoms with Crippen LogP contribution in [-0.2, 0) is 28.7 Å². The SMILES string of the molecule is CCOC(=O)Cc1cc(OC(F)(F)F)c(CN)nc1C(F)(F)F. The summed E-state index contributed by atoms with van der Waals surface area (Å²) >= 11 is 0. The lowest BCUT2D eigenvalue weighted by Crippen LogP contribution is -2.22. The number of esters is 1. The van der Waals surface area contributed by atoms with E-state index in [1.165, 1.54) is 6.92 Å². The first-order valence-electron chi connectivity index (χ1n) is 6.19. The number of pyridine rings is 1. The third-order valence-electron chi connectivity index (χ3n) is 2.47. The maximum Gasteiger partial charge on any atom is 0.573 e. The molecule has 1 rings (SSSR count). The molecule has 0 aliphatic carbocycles. The molecule has 0 radical (unpaired) electrons. The van der Waals surface area contributed by atoms with Gasteiger partial charge in [-0.15, -0.1) is 13.2 Å². The minimum absolute atomic E-state index is 0.0968. The number of hydrogen-bond donors (Lipinski definition) is 1. The van der Waals surface area contributed by atoms with Gasteiger partial charge < -0.3 is 15.2 Å². The van der Waals surface area contributed by atoms with Gasteiger partial charge in [0.1, 0.15) is 5.69 Å². The van der Waals surface area contributed by atoms with Crippen LogP contribution in [0.2, 0.25) is 0 Å². The van der Waals surface area contributed by atoms with Crippen LogP contribution >= 0.6 is 0 Å². The molecule has 1 aromatic heterocycles. The van der Waals surface area contributed by atoms with Crippen molar-refractivity contribution in [3.63, 3.8) is 0 Å². The second-order valence-electron chi connectivity index (χ2n) is 4.17. The second kappa shape index (κ2) is 7.02. The van der Waals surface area contributed by atoms with Gasteiger partial charge in [-0.25, -0.2) is 4.98 Å². The van der Waals surface area contributed by atoms with E-state index in [0.29, 0.717) is 6.07 Å². The summed E-state index contributed by atoms with van der Waals surface area (Å²) in [5.41, 5.74) is 2.07. The molecule has 0 aromatic carbocycles. The van der Waals surface area contributed by atoms with Gasteiger partial charge in [-0.05, 0) is 18.6 Å². The Labute approximate surface area is 126 Å². The van der Waals surface area contributed by atoms with Crippen molar-refractivity contribution < 1.29 is 40.6 Å². The summed E-state index contributed by atoms with van der Waals surface area (Å²) in [6.45, 7) is 0.616. The number of alkyl halides is 6. The quantitative estimate of drug-likeness (QED) is 0.655.